The van der Waals surface area contributed by atoms with Crippen molar-refractivity contribution in [1.29, 1.82) is 0 Å². The summed E-state index contributed by atoms with van der Waals surface area (Å²) in [6, 6.07) is 11.1. The van der Waals surface area contributed by atoms with E-state index >= 15 is 0 Å². The van der Waals surface area contributed by atoms with Crippen LogP contribution >= 0.6 is 11.8 Å². The van der Waals surface area contributed by atoms with E-state index < -0.39 is 18.5 Å². The Bertz CT molecular complexity index is 847. The number of hydrogen-bond acceptors (Lipinski definition) is 6. The number of benzene rings is 2. The second-order valence-electron chi connectivity index (χ2n) is 6.56. The molecular formula is C19H21N4NaO3S. The van der Waals surface area contributed by atoms with Crippen LogP contribution < -0.4 is 54.7 Å². The van der Waals surface area contributed by atoms with Crippen LogP contribution in [0.25, 0.3) is 0 Å². The Morgan fingerprint density at radius 3 is 1.82 bits per heavy atom. The molecule has 142 valence electrons. The Morgan fingerprint density at radius 2 is 1.43 bits per heavy atom. The summed E-state index contributed by atoms with van der Waals surface area (Å²) in [6.07, 6.45) is 0. The van der Waals surface area contributed by atoms with E-state index in [0.29, 0.717) is 11.4 Å². The van der Waals surface area contributed by atoms with E-state index in [2.05, 4.69) is 5.32 Å². The number of aliphatic carboxylic acids is 1. The third-order valence-electron chi connectivity index (χ3n) is 4.21. The first-order valence-electron chi connectivity index (χ1n) is 8.36. The van der Waals surface area contributed by atoms with Crippen molar-refractivity contribution in [1.82, 2.24) is 5.32 Å². The molecule has 0 aromatic heterocycles. The number of carbonyl (C=O) groups is 2. The van der Waals surface area contributed by atoms with Crippen molar-refractivity contribution >= 4 is 46.5 Å². The van der Waals surface area contributed by atoms with Crippen molar-refractivity contribution in [2.24, 2.45) is 0 Å². The van der Waals surface area contributed by atoms with Gasteiger partial charge in [0.15, 0.2) is 0 Å². The van der Waals surface area contributed by atoms with Crippen molar-refractivity contribution < 1.29 is 44.3 Å². The second-order valence-corrected chi connectivity index (χ2v) is 7.64. The molecule has 0 atom stereocenters. The Balaban J connectivity index is 0.00000280. The van der Waals surface area contributed by atoms with E-state index in [4.69, 9.17) is 0 Å². The third kappa shape index (κ3) is 4.57. The van der Waals surface area contributed by atoms with E-state index in [0.717, 1.165) is 21.2 Å². The molecule has 1 aliphatic heterocycles. The topological polar surface area (TPSA) is 79.0 Å². The Kier molecular flexibility index (Phi) is 7.28. The van der Waals surface area contributed by atoms with Crippen molar-refractivity contribution in [3.63, 3.8) is 0 Å². The van der Waals surface area contributed by atoms with Crippen LogP contribution in [0.3, 0.4) is 0 Å². The number of carboxylic acid groups (broad SMARTS) is 1. The largest absolute Gasteiger partial charge is 1.00 e. The van der Waals surface area contributed by atoms with E-state index in [1.807, 2.05) is 74.4 Å². The Morgan fingerprint density at radius 1 is 0.964 bits per heavy atom. The molecule has 1 N–H and O–H groups in total. The van der Waals surface area contributed by atoms with E-state index in [-0.39, 0.29) is 29.6 Å². The number of urea groups is 1. The number of nitrogens with one attached hydrogen (secondary N) is 1. The average molecular weight is 408 g/mol. The van der Waals surface area contributed by atoms with Gasteiger partial charge in [0, 0.05) is 49.4 Å². The van der Waals surface area contributed by atoms with Crippen LogP contribution in [-0.2, 0) is 4.79 Å². The quantitative estimate of drug-likeness (QED) is 0.646. The SMILES string of the molecule is CN(C)c1ccc2c(c1)Sc1cc(N(C)C)ccc1N2C(=O)NCC(=O)[O-].[Na+]. The summed E-state index contributed by atoms with van der Waals surface area (Å²) in [4.78, 5) is 30.9. The molecule has 9 heteroatoms. The van der Waals surface area contributed by atoms with Crippen molar-refractivity contribution in [2.75, 3.05) is 49.4 Å². The molecule has 1 aliphatic rings. The minimum atomic E-state index is -1.33. The van der Waals surface area contributed by atoms with Crippen LogP contribution in [-0.4, -0.2) is 46.7 Å². The average Bonchev–Trinajstić information content (AvgIpc) is 2.62. The first kappa shape index (κ1) is 22.4. The van der Waals surface area contributed by atoms with E-state index in [1.54, 1.807) is 11.8 Å². The third-order valence-corrected chi connectivity index (χ3v) is 5.30. The molecule has 0 radical (unpaired) electrons. The van der Waals surface area contributed by atoms with Crippen LogP contribution in [0, 0.1) is 0 Å². The molecule has 0 unspecified atom stereocenters. The minimum absolute atomic E-state index is 0. The fourth-order valence-electron chi connectivity index (χ4n) is 2.79. The monoisotopic (exact) mass is 408 g/mol. The molecule has 0 fully saturated rings. The minimum Gasteiger partial charge on any atom is -0.548 e. The fourth-order valence-corrected chi connectivity index (χ4v) is 3.91. The number of nitrogens with zero attached hydrogens (tertiary/aromatic N) is 3. The van der Waals surface area contributed by atoms with Crippen LogP contribution in [0.4, 0.5) is 27.5 Å². The first-order chi connectivity index (χ1) is 12.8. The van der Waals surface area contributed by atoms with Crippen molar-refractivity contribution in [3.8, 4) is 0 Å². The van der Waals surface area contributed by atoms with Gasteiger partial charge in [-0.25, -0.2) is 4.79 Å². The molecule has 3 rings (SSSR count). The molecule has 1 heterocycles. The molecule has 0 bridgehead atoms. The zero-order chi connectivity index (χ0) is 19.7. The van der Waals surface area contributed by atoms with Gasteiger partial charge in [-0.05, 0) is 36.4 Å². The standard InChI is InChI=1S/C19H22N4O3S.Na/c1-21(2)12-5-7-14-16(9-12)27-17-10-13(22(3)4)6-8-15(17)23(14)19(26)20-11-18(24)25;/h5-10H,11H2,1-4H3,(H,20,26)(H,24,25);/q;+1/p-1. The number of hydrogen-bond donors (Lipinski definition) is 1. The molecule has 28 heavy (non-hydrogen) atoms. The van der Waals surface area contributed by atoms with Crippen LogP contribution in [0.2, 0.25) is 0 Å². The van der Waals surface area contributed by atoms with Gasteiger partial charge in [-0.1, -0.05) is 11.8 Å². The van der Waals surface area contributed by atoms with Gasteiger partial charge in [0.05, 0.1) is 23.9 Å². The molecule has 0 spiro atoms. The van der Waals surface area contributed by atoms with Crippen LogP contribution in [0.15, 0.2) is 46.2 Å². The normalized spacial score (nSPS) is 11.6. The van der Waals surface area contributed by atoms with Crippen molar-refractivity contribution in [3.05, 3.63) is 36.4 Å². The van der Waals surface area contributed by atoms with Gasteiger partial charge in [0.1, 0.15) is 0 Å². The van der Waals surface area contributed by atoms with Gasteiger partial charge in [0.25, 0.3) is 0 Å². The first-order valence-corrected chi connectivity index (χ1v) is 9.18. The summed E-state index contributed by atoms with van der Waals surface area (Å²) >= 11 is 1.59. The van der Waals surface area contributed by atoms with Gasteiger partial charge in [-0.3, -0.25) is 4.90 Å². The van der Waals surface area contributed by atoms with E-state index in [9.17, 15) is 14.7 Å². The summed E-state index contributed by atoms with van der Waals surface area (Å²) in [6.45, 7) is -0.543. The zero-order valence-corrected chi connectivity index (χ0v) is 19.5. The summed E-state index contributed by atoms with van der Waals surface area (Å²) in [5.74, 6) is -1.33. The van der Waals surface area contributed by atoms with Gasteiger partial charge < -0.3 is 25.0 Å². The van der Waals surface area contributed by atoms with Gasteiger partial charge in [-0.2, -0.15) is 0 Å². The fraction of sp³-hybridized carbons (Fsp3) is 0.263. The zero-order valence-electron chi connectivity index (χ0n) is 16.6. The number of anilines is 4. The van der Waals surface area contributed by atoms with Crippen LogP contribution in [0.1, 0.15) is 0 Å². The van der Waals surface area contributed by atoms with Crippen molar-refractivity contribution in [2.45, 2.75) is 9.79 Å². The number of carboxylic acids is 1. The molecule has 2 aromatic rings. The summed E-state index contributed by atoms with van der Waals surface area (Å²) in [7, 11) is 7.82. The smallest absolute Gasteiger partial charge is 0.548 e. The van der Waals surface area contributed by atoms with E-state index in [1.165, 1.54) is 4.90 Å². The molecular weight excluding hydrogens is 387 g/mol. The maximum absolute atomic E-state index is 12.8. The second kappa shape index (κ2) is 9.09. The number of amides is 2. The molecule has 0 aliphatic carbocycles. The maximum Gasteiger partial charge on any atom is 1.00 e. The summed E-state index contributed by atoms with van der Waals surface area (Å²) in [5.41, 5.74) is 3.46. The summed E-state index contributed by atoms with van der Waals surface area (Å²) < 4.78 is 0. The molecule has 0 saturated carbocycles. The Labute approximate surface area is 191 Å². The molecule has 7 nitrogen and oxygen atoms in total. The Hall–Kier alpha value is -1.87. The summed E-state index contributed by atoms with van der Waals surface area (Å²) in [5, 5.41) is 13.2. The number of rotatable bonds is 4. The molecule has 2 aromatic carbocycles. The van der Waals surface area contributed by atoms with Crippen LogP contribution in [0.5, 0.6) is 0 Å². The number of fused-ring (bicyclic) bond motifs is 2. The van der Waals surface area contributed by atoms with Gasteiger partial charge in [-0.15, -0.1) is 0 Å². The maximum atomic E-state index is 12.8. The van der Waals surface area contributed by atoms with Gasteiger partial charge >= 0.3 is 35.6 Å². The predicted molar refractivity (Wildman–Crippen MR) is 106 cm³/mol. The number of carbonyl (C=O) groups excluding carboxylic acids is 2. The van der Waals surface area contributed by atoms with Gasteiger partial charge in [0.2, 0.25) is 0 Å². The molecule has 2 amide bonds. The molecule has 0 saturated heterocycles. The predicted octanol–water partition coefficient (Wildman–Crippen LogP) is -1.12.